The van der Waals surface area contributed by atoms with Gasteiger partial charge in [-0.05, 0) is 49.9 Å². The summed E-state index contributed by atoms with van der Waals surface area (Å²) in [6, 6.07) is 2.06. The minimum absolute atomic E-state index is 0.494. The van der Waals surface area contributed by atoms with Gasteiger partial charge in [0.05, 0.1) is 10.6 Å². The second-order valence-electron chi connectivity index (χ2n) is 7.47. The zero-order chi connectivity index (χ0) is 19.8. The number of hydrogen-bond donors (Lipinski definition) is 0. The molecule has 0 N–H and O–H groups in total. The molecular weight excluding hydrogens is 362 g/mol. The molecule has 1 fully saturated rings. The standard InChI is InChI=1S/C19H29N5O2S/c1-14-12-15(2)17(4)19(16(14)3)27(25,26)24-10-8-23(9-11-24)7-6-18-13-22(5)21-20-18/h12-13H,6-11H2,1-5H3. The van der Waals surface area contributed by atoms with E-state index >= 15 is 0 Å². The Balaban J connectivity index is 1.68. The summed E-state index contributed by atoms with van der Waals surface area (Å²) in [6.45, 7) is 11.2. The van der Waals surface area contributed by atoms with E-state index in [0.717, 1.165) is 54.0 Å². The molecule has 1 aromatic carbocycles. The molecular formula is C19H29N5O2S. The molecule has 27 heavy (non-hydrogen) atoms. The Labute approximate surface area is 162 Å². The molecule has 1 aliphatic rings. The predicted octanol–water partition coefficient (Wildman–Crippen LogP) is 1.60. The van der Waals surface area contributed by atoms with Gasteiger partial charge in [-0.15, -0.1) is 5.10 Å². The summed E-state index contributed by atoms with van der Waals surface area (Å²) < 4.78 is 30.0. The van der Waals surface area contributed by atoms with Crippen LogP contribution in [0.1, 0.15) is 27.9 Å². The van der Waals surface area contributed by atoms with Crippen molar-refractivity contribution in [2.45, 2.75) is 39.0 Å². The number of nitrogens with zero attached hydrogens (tertiary/aromatic N) is 5. The van der Waals surface area contributed by atoms with Crippen molar-refractivity contribution in [3.63, 3.8) is 0 Å². The van der Waals surface area contributed by atoms with Crippen molar-refractivity contribution in [1.29, 1.82) is 0 Å². The Morgan fingerprint density at radius 3 is 2.11 bits per heavy atom. The third-order valence-electron chi connectivity index (χ3n) is 5.56. The first kappa shape index (κ1) is 20.0. The number of rotatable bonds is 5. The predicted molar refractivity (Wildman–Crippen MR) is 105 cm³/mol. The van der Waals surface area contributed by atoms with E-state index in [1.807, 2.05) is 40.9 Å². The molecule has 0 aliphatic carbocycles. The van der Waals surface area contributed by atoms with E-state index in [-0.39, 0.29) is 0 Å². The highest BCUT2D eigenvalue weighted by Crippen LogP contribution is 2.29. The van der Waals surface area contributed by atoms with E-state index in [1.165, 1.54) is 0 Å². The zero-order valence-corrected chi connectivity index (χ0v) is 17.7. The van der Waals surface area contributed by atoms with Crippen LogP contribution >= 0.6 is 0 Å². The van der Waals surface area contributed by atoms with Crippen molar-refractivity contribution in [3.8, 4) is 0 Å². The lowest BCUT2D eigenvalue weighted by molar-refractivity contribution is 0.189. The Morgan fingerprint density at radius 2 is 1.59 bits per heavy atom. The smallest absolute Gasteiger partial charge is 0.243 e. The molecule has 0 amide bonds. The van der Waals surface area contributed by atoms with Gasteiger partial charge >= 0.3 is 0 Å². The highest BCUT2D eigenvalue weighted by Gasteiger charge is 2.31. The van der Waals surface area contributed by atoms with Crippen LogP contribution in [0.15, 0.2) is 17.2 Å². The maximum atomic E-state index is 13.3. The first-order valence-corrected chi connectivity index (χ1v) is 10.8. The first-order valence-electron chi connectivity index (χ1n) is 9.35. The second kappa shape index (κ2) is 7.69. The average molecular weight is 392 g/mol. The van der Waals surface area contributed by atoms with Crippen molar-refractivity contribution >= 4 is 10.0 Å². The van der Waals surface area contributed by atoms with E-state index in [1.54, 1.807) is 8.99 Å². The third kappa shape index (κ3) is 4.07. The molecule has 148 valence electrons. The minimum Gasteiger partial charge on any atom is -0.300 e. The van der Waals surface area contributed by atoms with Crippen molar-refractivity contribution < 1.29 is 8.42 Å². The molecule has 3 rings (SSSR count). The molecule has 1 saturated heterocycles. The molecule has 1 aromatic heterocycles. The lowest BCUT2D eigenvalue weighted by Gasteiger charge is -2.34. The minimum atomic E-state index is -3.47. The summed E-state index contributed by atoms with van der Waals surface area (Å²) in [5.41, 5.74) is 4.75. The van der Waals surface area contributed by atoms with Gasteiger partial charge in [0, 0.05) is 52.4 Å². The van der Waals surface area contributed by atoms with Gasteiger partial charge in [0.25, 0.3) is 0 Å². The van der Waals surface area contributed by atoms with Gasteiger partial charge in [-0.3, -0.25) is 4.68 Å². The monoisotopic (exact) mass is 391 g/mol. The van der Waals surface area contributed by atoms with Crippen LogP contribution in [-0.2, 0) is 23.5 Å². The normalized spacial score (nSPS) is 16.8. The Kier molecular flexibility index (Phi) is 5.69. The number of aromatic nitrogens is 3. The molecule has 1 aliphatic heterocycles. The summed E-state index contributed by atoms with van der Waals surface area (Å²) in [5.74, 6) is 0. The summed E-state index contributed by atoms with van der Waals surface area (Å²) in [5, 5.41) is 8.06. The van der Waals surface area contributed by atoms with Crippen molar-refractivity contribution in [3.05, 3.63) is 40.2 Å². The zero-order valence-electron chi connectivity index (χ0n) is 16.9. The van der Waals surface area contributed by atoms with Crippen molar-refractivity contribution in [2.24, 2.45) is 7.05 Å². The van der Waals surface area contributed by atoms with Crippen LogP contribution in [0, 0.1) is 27.7 Å². The number of aryl methyl sites for hydroxylation is 3. The lowest BCUT2D eigenvalue weighted by atomic mass is 10.0. The van der Waals surface area contributed by atoms with Crippen LogP contribution in [0.3, 0.4) is 0 Å². The number of hydrogen-bond acceptors (Lipinski definition) is 5. The molecule has 2 aromatic rings. The van der Waals surface area contributed by atoms with Gasteiger partial charge in [-0.25, -0.2) is 8.42 Å². The van der Waals surface area contributed by atoms with Crippen LogP contribution in [0.25, 0.3) is 0 Å². The molecule has 8 heteroatoms. The highest BCUT2D eigenvalue weighted by atomic mass is 32.2. The topological polar surface area (TPSA) is 71.3 Å². The lowest BCUT2D eigenvalue weighted by Crippen LogP contribution is -2.49. The number of sulfonamides is 1. The Morgan fingerprint density at radius 1 is 1.00 bits per heavy atom. The number of piperazine rings is 1. The van der Waals surface area contributed by atoms with E-state index in [9.17, 15) is 8.42 Å². The third-order valence-corrected chi connectivity index (χ3v) is 7.73. The molecule has 0 radical (unpaired) electrons. The van der Waals surface area contributed by atoms with E-state index < -0.39 is 10.0 Å². The molecule has 0 saturated carbocycles. The van der Waals surface area contributed by atoms with Crippen molar-refractivity contribution in [1.82, 2.24) is 24.2 Å². The van der Waals surface area contributed by atoms with Crippen LogP contribution in [0.4, 0.5) is 0 Å². The van der Waals surface area contributed by atoms with Crippen LogP contribution in [-0.4, -0.2) is 65.3 Å². The average Bonchev–Trinajstić information content (AvgIpc) is 3.04. The van der Waals surface area contributed by atoms with Gasteiger partial charge in [-0.1, -0.05) is 11.3 Å². The van der Waals surface area contributed by atoms with Gasteiger partial charge in [-0.2, -0.15) is 4.31 Å². The summed E-state index contributed by atoms with van der Waals surface area (Å²) >= 11 is 0. The molecule has 0 atom stereocenters. The van der Waals surface area contributed by atoms with E-state index in [0.29, 0.717) is 18.0 Å². The van der Waals surface area contributed by atoms with Crippen LogP contribution < -0.4 is 0 Å². The fourth-order valence-corrected chi connectivity index (χ4v) is 5.67. The Bertz CT molecular complexity index is 902. The van der Waals surface area contributed by atoms with Gasteiger partial charge < -0.3 is 4.90 Å². The molecule has 2 heterocycles. The molecule has 0 unspecified atom stereocenters. The SMILES string of the molecule is Cc1cc(C)c(C)c(S(=O)(=O)N2CCN(CCc3cn(C)nn3)CC2)c1C. The van der Waals surface area contributed by atoms with E-state index in [2.05, 4.69) is 21.3 Å². The largest absolute Gasteiger partial charge is 0.300 e. The maximum absolute atomic E-state index is 13.3. The molecule has 7 nitrogen and oxygen atoms in total. The number of benzene rings is 1. The van der Waals surface area contributed by atoms with Gasteiger partial charge in [0.2, 0.25) is 10.0 Å². The van der Waals surface area contributed by atoms with Crippen molar-refractivity contribution in [2.75, 3.05) is 32.7 Å². The highest BCUT2D eigenvalue weighted by molar-refractivity contribution is 7.89. The summed E-state index contributed by atoms with van der Waals surface area (Å²) in [4.78, 5) is 2.79. The fourth-order valence-electron chi connectivity index (χ4n) is 3.67. The van der Waals surface area contributed by atoms with Crippen LogP contribution in [0.5, 0.6) is 0 Å². The maximum Gasteiger partial charge on any atom is 0.243 e. The first-order chi connectivity index (χ1) is 12.7. The van der Waals surface area contributed by atoms with Crippen LogP contribution in [0.2, 0.25) is 0 Å². The molecule has 0 bridgehead atoms. The van der Waals surface area contributed by atoms with Gasteiger partial charge in [0.1, 0.15) is 0 Å². The molecule has 0 spiro atoms. The fraction of sp³-hybridized carbons (Fsp3) is 0.579. The van der Waals surface area contributed by atoms with Gasteiger partial charge in [0.15, 0.2) is 0 Å². The Hall–Kier alpha value is -1.77. The quantitative estimate of drug-likeness (QED) is 0.774. The summed E-state index contributed by atoms with van der Waals surface area (Å²) in [7, 11) is -1.62. The second-order valence-corrected chi connectivity index (χ2v) is 9.34. The van der Waals surface area contributed by atoms with E-state index in [4.69, 9.17) is 0 Å². The summed E-state index contributed by atoms with van der Waals surface area (Å²) in [6.07, 6.45) is 2.75.